The van der Waals surface area contributed by atoms with Gasteiger partial charge in [0.05, 0.1) is 30.5 Å². The highest BCUT2D eigenvalue weighted by atomic mass is 35.5. The van der Waals surface area contributed by atoms with Crippen molar-refractivity contribution in [1.82, 2.24) is 25.3 Å². The highest BCUT2D eigenvalue weighted by molar-refractivity contribution is 5.85. The number of hydrogen-bond acceptors (Lipinski definition) is 9. The molecule has 1 atom stereocenters. The van der Waals surface area contributed by atoms with Gasteiger partial charge in [-0.2, -0.15) is 4.98 Å². The van der Waals surface area contributed by atoms with E-state index in [2.05, 4.69) is 38.9 Å². The molecule has 2 fully saturated rings. The summed E-state index contributed by atoms with van der Waals surface area (Å²) in [6.07, 6.45) is 4.43. The predicted octanol–water partition coefficient (Wildman–Crippen LogP) is 0.887. The Morgan fingerprint density at radius 2 is 1.97 bits per heavy atom. The van der Waals surface area contributed by atoms with Gasteiger partial charge < -0.3 is 25.6 Å². The molecule has 3 aliphatic heterocycles. The molecular weight excluding hydrogens is 392 g/mol. The molecule has 0 bridgehead atoms. The van der Waals surface area contributed by atoms with Gasteiger partial charge >= 0.3 is 0 Å². The normalized spacial score (nSPS) is 22.6. The summed E-state index contributed by atoms with van der Waals surface area (Å²) in [5.74, 6) is 2.06. The highest BCUT2D eigenvalue weighted by Crippen LogP contribution is 2.39. The van der Waals surface area contributed by atoms with Crippen LogP contribution in [0.1, 0.15) is 19.4 Å². The van der Waals surface area contributed by atoms with E-state index in [0.29, 0.717) is 13.2 Å². The topological polar surface area (TPSA) is 105 Å². The Kier molecular flexibility index (Phi) is 5.22. The van der Waals surface area contributed by atoms with Gasteiger partial charge in [0.15, 0.2) is 0 Å². The van der Waals surface area contributed by atoms with Crippen molar-refractivity contribution >= 4 is 30.1 Å². The zero-order valence-electron chi connectivity index (χ0n) is 16.8. The van der Waals surface area contributed by atoms with Crippen LogP contribution < -0.4 is 20.9 Å². The van der Waals surface area contributed by atoms with Crippen LogP contribution in [0.3, 0.4) is 0 Å². The first-order chi connectivity index (χ1) is 13.5. The number of ether oxygens (including phenoxy) is 1. The van der Waals surface area contributed by atoms with E-state index in [4.69, 9.17) is 20.4 Å². The molecule has 3 aliphatic rings. The van der Waals surface area contributed by atoms with Crippen molar-refractivity contribution in [2.45, 2.75) is 31.8 Å². The Hall–Kier alpha value is -2.23. The minimum Gasteiger partial charge on any atom is -0.377 e. The number of nitrogens with one attached hydrogen (secondary N) is 1. The molecule has 3 N–H and O–H groups in total. The van der Waals surface area contributed by atoms with Crippen LogP contribution in [0.4, 0.5) is 17.7 Å². The van der Waals surface area contributed by atoms with Gasteiger partial charge in [-0.1, -0.05) is 0 Å². The van der Waals surface area contributed by atoms with Crippen LogP contribution >= 0.6 is 12.4 Å². The fourth-order valence-corrected chi connectivity index (χ4v) is 4.30. The lowest BCUT2D eigenvalue weighted by Gasteiger charge is -2.47. The van der Waals surface area contributed by atoms with Crippen LogP contribution in [0, 0.1) is 0 Å². The molecule has 10 heteroatoms. The smallest absolute Gasteiger partial charge is 0.228 e. The maximum atomic E-state index is 5.70. The Morgan fingerprint density at radius 1 is 1.21 bits per heavy atom. The van der Waals surface area contributed by atoms with Crippen molar-refractivity contribution in [2.24, 2.45) is 0 Å². The van der Waals surface area contributed by atoms with Crippen LogP contribution in [0.15, 0.2) is 12.4 Å². The van der Waals surface area contributed by atoms with Gasteiger partial charge in [-0.15, -0.1) is 12.4 Å². The summed E-state index contributed by atoms with van der Waals surface area (Å²) in [4.78, 5) is 23.1. The van der Waals surface area contributed by atoms with Crippen molar-refractivity contribution in [3.63, 3.8) is 0 Å². The van der Waals surface area contributed by atoms with E-state index in [1.165, 1.54) is 5.56 Å². The van der Waals surface area contributed by atoms with Crippen LogP contribution in [0.25, 0.3) is 11.3 Å². The first-order valence-electron chi connectivity index (χ1n) is 9.87. The molecule has 2 aromatic rings. The number of halogens is 1. The number of nitrogens with two attached hydrogens (primary N) is 1. The molecule has 2 aromatic heterocycles. The molecular formula is C19H27ClN8O. The lowest BCUT2D eigenvalue weighted by molar-refractivity contribution is 0.0981. The van der Waals surface area contributed by atoms with Crippen molar-refractivity contribution in [2.75, 3.05) is 54.9 Å². The maximum absolute atomic E-state index is 5.70. The van der Waals surface area contributed by atoms with Gasteiger partial charge in [-0.25, -0.2) is 15.0 Å². The molecule has 0 spiro atoms. The third-order valence-electron chi connectivity index (χ3n) is 6.05. The molecule has 0 amide bonds. The van der Waals surface area contributed by atoms with E-state index in [1.54, 1.807) is 12.4 Å². The number of aromatic nitrogens is 4. The summed E-state index contributed by atoms with van der Waals surface area (Å²) in [6, 6.07) is 0.234. The second-order valence-electron chi connectivity index (χ2n) is 8.12. The first-order valence-corrected chi connectivity index (χ1v) is 9.87. The second kappa shape index (κ2) is 7.55. The minimum atomic E-state index is 0. The highest BCUT2D eigenvalue weighted by Gasteiger charge is 2.43. The van der Waals surface area contributed by atoms with E-state index in [-0.39, 0.29) is 29.9 Å². The Bertz CT molecular complexity index is 889. The van der Waals surface area contributed by atoms with Gasteiger partial charge in [0.2, 0.25) is 11.9 Å². The third-order valence-corrected chi connectivity index (χ3v) is 6.05. The Morgan fingerprint density at radius 3 is 2.62 bits per heavy atom. The summed E-state index contributed by atoms with van der Waals surface area (Å²) < 4.78 is 5.61. The molecule has 5 rings (SSSR count). The van der Waals surface area contributed by atoms with Gasteiger partial charge in [0, 0.05) is 49.7 Å². The Balaban J connectivity index is 0.00000205. The average molecular weight is 419 g/mol. The van der Waals surface area contributed by atoms with Crippen molar-refractivity contribution in [1.29, 1.82) is 0 Å². The zero-order valence-corrected chi connectivity index (χ0v) is 17.6. The monoisotopic (exact) mass is 418 g/mol. The first kappa shape index (κ1) is 20.1. The van der Waals surface area contributed by atoms with Gasteiger partial charge in [-0.3, -0.25) is 0 Å². The quantitative estimate of drug-likeness (QED) is 0.751. The summed E-state index contributed by atoms with van der Waals surface area (Å²) in [5, 5.41) is 3.40. The van der Waals surface area contributed by atoms with E-state index >= 15 is 0 Å². The zero-order chi connectivity index (χ0) is 19.3. The number of morpholine rings is 1. The predicted molar refractivity (Wildman–Crippen MR) is 115 cm³/mol. The van der Waals surface area contributed by atoms with Crippen molar-refractivity contribution < 1.29 is 4.74 Å². The van der Waals surface area contributed by atoms with Gasteiger partial charge in [0.1, 0.15) is 5.82 Å². The summed E-state index contributed by atoms with van der Waals surface area (Å²) >= 11 is 0. The number of anilines is 3. The largest absolute Gasteiger partial charge is 0.377 e. The molecule has 0 aromatic carbocycles. The molecule has 5 heterocycles. The number of nitrogens with zero attached hydrogens (tertiary/aromatic N) is 6. The molecule has 156 valence electrons. The average Bonchev–Trinajstić information content (AvgIpc) is 3.11. The number of hydrogen-bond donors (Lipinski definition) is 2. The van der Waals surface area contributed by atoms with Crippen LogP contribution in [0.2, 0.25) is 0 Å². The number of fused-ring (bicyclic) bond motifs is 1. The van der Waals surface area contributed by atoms with Crippen LogP contribution in [0.5, 0.6) is 0 Å². The summed E-state index contributed by atoms with van der Waals surface area (Å²) in [7, 11) is 0. The lowest BCUT2D eigenvalue weighted by Crippen LogP contribution is -2.67. The van der Waals surface area contributed by atoms with E-state index in [9.17, 15) is 0 Å². The molecule has 0 unspecified atom stereocenters. The molecule has 0 aliphatic carbocycles. The van der Waals surface area contributed by atoms with Crippen LogP contribution in [-0.2, 0) is 11.2 Å². The van der Waals surface area contributed by atoms with E-state index < -0.39 is 0 Å². The van der Waals surface area contributed by atoms with E-state index in [0.717, 1.165) is 55.6 Å². The Labute approximate surface area is 176 Å². The second-order valence-corrected chi connectivity index (χ2v) is 8.12. The number of nitrogen functional groups attached to an aromatic ring is 1. The number of rotatable bonds is 3. The van der Waals surface area contributed by atoms with Crippen molar-refractivity contribution in [3.8, 4) is 11.3 Å². The van der Waals surface area contributed by atoms with Crippen LogP contribution in [-0.4, -0.2) is 70.9 Å². The minimum absolute atomic E-state index is 0. The standard InChI is InChI=1S/C19H26N8O.ClH/c1-12-9-28-6-5-26(12)18-24-15(13-7-22-17(20)23-8-13)14-3-4-27(16(14)25-18)19(2)10-21-11-19;/h7-8,12,21H,3-6,9-11H2,1-2H3,(H2,20,22,23);1H/t12-;/m0./s1. The SMILES string of the molecule is C[C@H]1COCCN1c1nc(-c2cnc(N)nc2)c2c(n1)N(C1(C)CNC1)CC2.Cl. The fraction of sp³-hybridized carbons (Fsp3) is 0.579. The third kappa shape index (κ3) is 3.37. The van der Waals surface area contributed by atoms with E-state index in [1.807, 2.05) is 0 Å². The molecule has 29 heavy (non-hydrogen) atoms. The maximum Gasteiger partial charge on any atom is 0.228 e. The molecule has 9 nitrogen and oxygen atoms in total. The fourth-order valence-electron chi connectivity index (χ4n) is 4.30. The molecule has 0 saturated carbocycles. The van der Waals surface area contributed by atoms with Crippen molar-refractivity contribution in [3.05, 3.63) is 18.0 Å². The molecule has 2 saturated heterocycles. The van der Waals surface area contributed by atoms with Gasteiger partial charge in [0.25, 0.3) is 0 Å². The molecule has 0 radical (unpaired) electrons. The lowest BCUT2D eigenvalue weighted by atomic mass is 9.93. The summed E-state index contributed by atoms with van der Waals surface area (Å²) in [6.45, 7) is 9.51. The van der Waals surface area contributed by atoms with Gasteiger partial charge in [-0.05, 0) is 20.3 Å². The summed E-state index contributed by atoms with van der Waals surface area (Å²) in [5.41, 5.74) is 8.76.